The Balaban J connectivity index is 2.07. The predicted octanol–water partition coefficient (Wildman–Crippen LogP) is 3.00. The van der Waals surface area contributed by atoms with Crippen molar-refractivity contribution in [3.8, 4) is 0 Å². The summed E-state index contributed by atoms with van der Waals surface area (Å²) in [6, 6.07) is 8.76. The molecule has 0 aliphatic rings. The third kappa shape index (κ3) is 3.14. The standard InChI is InChI=1S/C15H20N2OS/c1-10-12-6-4-5-7-13(12)19-15(10)11(2)17-9-8-14(18)16-3/h4-7,11,17H,8-9H2,1-3H3,(H,16,18). The van der Waals surface area contributed by atoms with Crippen LogP contribution in [0.25, 0.3) is 10.1 Å². The van der Waals surface area contributed by atoms with E-state index >= 15 is 0 Å². The van der Waals surface area contributed by atoms with E-state index in [1.54, 1.807) is 7.05 Å². The first-order chi connectivity index (χ1) is 9.13. The van der Waals surface area contributed by atoms with Crippen molar-refractivity contribution in [3.63, 3.8) is 0 Å². The summed E-state index contributed by atoms with van der Waals surface area (Å²) in [5, 5.41) is 7.39. The van der Waals surface area contributed by atoms with Crippen LogP contribution in [0.4, 0.5) is 0 Å². The van der Waals surface area contributed by atoms with Gasteiger partial charge in [-0.25, -0.2) is 0 Å². The van der Waals surface area contributed by atoms with Gasteiger partial charge in [0.15, 0.2) is 0 Å². The molecule has 102 valence electrons. The number of aryl methyl sites for hydroxylation is 1. The quantitative estimate of drug-likeness (QED) is 0.881. The number of carbonyl (C=O) groups excluding carboxylic acids is 1. The molecule has 0 aliphatic heterocycles. The molecule has 3 nitrogen and oxygen atoms in total. The second kappa shape index (κ2) is 6.17. The molecule has 0 spiro atoms. The van der Waals surface area contributed by atoms with Crippen LogP contribution in [-0.2, 0) is 4.79 Å². The summed E-state index contributed by atoms with van der Waals surface area (Å²) in [6.07, 6.45) is 0.519. The summed E-state index contributed by atoms with van der Waals surface area (Å²) in [7, 11) is 1.67. The fraction of sp³-hybridized carbons (Fsp3) is 0.400. The molecule has 1 atom stereocenters. The molecule has 2 rings (SSSR count). The van der Waals surface area contributed by atoms with Gasteiger partial charge >= 0.3 is 0 Å². The van der Waals surface area contributed by atoms with E-state index in [9.17, 15) is 4.79 Å². The Morgan fingerprint density at radius 2 is 2.11 bits per heavy atom. The SMILES string of the molecule is CNC(=O)CCNC(C)c1sc2ccccc2c1C. The monoisotopic (exact) mass is 276 g/mol. The minimum absolute atomic E-state index is 0.0766. The van der Waals surface area contributed by atoms with Crippen LogP contribution in [0.2, 0.25) is 0 Å². The molecule has 0 aliphatic carbocycles. The van der Waals surface area contributed by atoms with Gasteiger partial charge in [0.25, 0.3) is 0 Å². The summed E-state index contributed by atoms with van der Waals surface area (Å²) in [5.41, 5.74) is 1.35. The predicted molar refractivity (Wildman–Crippen MR) is 81.7 cm³/mol. The summed E-state index contributed by atoms with van der Waals surface area (Å²) >= 11 is 1.83. The zero-order valence-electron chi connectivity index (χ0n) is 11.6. The van der Waals surface area contributed by atoms with E-state index in [1.165, 1.54) is 20.5 Å². The van der Waals surface area contributed by atoms with Crippen molar-refractivity contribution in [1.29, 1.82) is 0 Å². The number of rotatable bonds is 5. The molecule has 1 amide bonds. The van der Waals surface area contributed by atoms with Crippen molar-refractivity contribution in [2.45, 2.75) is 26.3 Å². The van der Waals surface area contributed by atoms with Gasteiger partial charge in [-0.05, 0) is 30.9 Å². The minimum Gasteiger partial charge on any atom is -0.359 e. The van der Waals surface area contributed by atoms with Gasteiger partial charge in [-0.2, -0.15) is 0 Å². The topological polar surface area (TPSA) is 41.1 Å². The van der Waals surface area contributed by atoms with Crippen LogP contribution in [-0.4, -0.2) is 19.5 Å². The van der Waals surface area contributed by atoms with Crippen LogP contribution < -0.4 is 10.6 Å². The number of thiophene rings is 1. The Bertz CT molecular complexity index is 577. The molecule has 1 aromatic carbocycles. The van der Waals surface area contributed by atoms with Gasteiger partial charge in [0.05, 0.1) is 0 Å². The van der Waals surface area contributed by atoms with E-state index in [0.29, 0.717) is 13.0 Å². The van der Waals surface area contributed by atoms with E-state index in [2.05, 4.69) is 48.7 Å². The van der Waals surface area contributed by atoms with Gasteiger partial charge in [0.1, 0.15) is 0 Å². The first-order valence-electron chi connectivity index (χ1n) is 6.55. The van der Waals surface area contributed by atoms with E-state index < -0.39 is 0 Å². The molecule has 0 radical (unpaired) electrons. The average molecular weight is 276 g/mol. The van der Waals surface area contributed by atoms with E-state index in [-0.39, 0.29) is 11.9 Å². The van der Waals surface area contributed by atoms with Gasteiger partial charge in [-0.15, -0.1) is 11.3 Å². The largest absolute Gasteiger partial charge is 0.359 e. The highest BCUT2D eigenvalue weighted by atomic mass is 32.1. The number of carbonyl (C=O) groups is 1. The summed E-state index contributed by atoms with van der Waals surface area (Å²) in [6.45, 7) is 5.03. The highest BCUT2D eigenvalue weighted by molar-refractivity contribution is 7.19. The molecule has 2 N–H and O–H groups in total. The Hall–Kier alpha value is -1.39. The van der Waals surface area contributed by atoms with Gasteiger partial charge in [0, 0.05) is 35.6 Å². The highest BCUT2D eigenvalue weighted by Gasteiger charge is 2.13. The molecule has 19 heavy (non-hydrogen) atoms. The molecule has 2 aromatic rings. The van der Waals surface area contributed by atoms with Crippen molar-refractivity contribution < 1.29 is 4.79 Å². The normalized spacial score (nSPS) is 12.6. The maximum absolute atomic E-state index is 11.2. The lowest BCUT2D eigenvalue weighted by Gasteiger charge is -2.13. The lowest BCUT2D eigenvalue weighted by Crippen LogP contribution is -2.26. The molecule has 4 heteroatoms. The van der Waals surface area contributed by atoms with Gasteiger partial charge < -0.3 is 10.6 Å². The zero-order chi connectivity index (χ0) is 13.8. The number of hydrogen-bond acceptors (Lipinski definition) is 3. The Labute approximate surface area is 118 Å². The van der Waals surface area contributed by atoms with Crippen molar-refractivity contribution in [3.05, 3.63) is 34.7 Å². The lowest BCUT2D eigenvalue weighted by molar-refractivity contribution is -0.120. The number of benzene rings is 1. The zero-order valence-corrected chi connectivity index (χ0v) is 12.4. The van der Waals surface area contributed by atoms with E-state index in [4.69, 9.17) is 0 Å². The third-order valence-corrected chi connectivity index (χ3v) is 4.81. The molecular weight excluding hydrogens is 256 g/mol. The second-order valence-electron chi connectivity index (χ2n) is 4.69. The second-order valence-corrected chi connectivity index (χ2v) is 5.77. The number of nitrogens with one attached hydrogen (secondary N) is 2. The molecule has 0 bridgehead atoms. The van der Waals surface area contributed by atoms with Gasteiger partial charge in [0.2, 0.25) is 5.91 Å². The van der Waals surface area contributed by atoms with Crippen LogP contribution in [0.3, 0.4) is 0 Å². The van der Waals surface area contributed by atoms with Crippen molar-refractivity contribution in [1.82, 2.24) is 10.6 Å². The summed E-state index contributed by atoms with van der Waals surface area (Å²) < 4.78 is 1.33. The number of hydrogen-bond donors (Lipinski definition) is 2. The Morgan fingerprint density at radius 1 is 1.37 bits per heavy atom. The molecule has 1 aromatic heterocycles. The third-order valence-electron chi connectivity index (χ3n) is 3.36. The molecule has 0 fully saturated rings. The van der Waals surface area contributed by atoms with Crippen molar-refractivity contribution in [2.24, 2.45) is 0 Å². The Morgan fingerprint density at radius 3 is 2.79 bits per heavy atom. The maximum atomic E-state index is 11.2. The van der Waals surface area contributed by atoms with Gasteiger partial charge in [-0.1, -0.05) is 18.2 Å². The minimum atomic E-state index is 0.0766. The van der Waals surface area contributed by atoms with Crippen LogP contribution >= 0.6 is 11.3 Å². The number of fused-ring (bicyclic) bond motifs is 1. The summed E-state index contributed by atoms with van der Waals surface area (Å²) in [4.78, 5) is 12.5. The first-order valence-corrected chi connectivity index (χ1v) is 7.37. The smallest absolute Gasteiger partial charge is 0.221 e. The number of amides is 1. The van der Waals surface area contributed by atoms with Crippen LogP contribution in [0, 0.1) is 6.92 Å². The van der Waals surface area contributed by atoms with Crippen LogP contribution in [0.1, 0.15) is 29.8 Å². The first kappa shape index (κ1) is 14.0. The van der Waals surface area contributed by atoms with Crippen LogP contribution in [0.5, 0.6) is 0 Å². The fourth-order valence-electron chi connectivity index (χ4n) is 2.23. The van der Waals surface area contributed by atoms with Crippen molar-refractivity contribution in [2.75, 3.05) is 13.6 Å². The lowest BCUT2D eigenvalue weighted by atomic mass is 10.1. The van der Waals surface area contributed by atoms with Crippen molar-refractivity contribution >= 4 is 27.3 Å². The van der Waals surface area contributed by atoms with E-state index in [1.807, 2.05) is 11.3 Å². The molecule has 0 saturated carbocycles. The van der Waals surface area contributed by atoms with Gasteiger partial charge in [-0.3, -0.25) is 4.79 Å². The molecule has 1 unspecified atom stereocenters. The molecule has 1 heterocycles. The van der Waals surface area contributed by atoms with Crippen LogP contribution in [0.15, 0.2) is 24.3 Å². The van der Waals surface area contributed by atoms with E-state index in [0.717, 1.165) is 0 Å². The average Bonchev–Trinajstić information content (AvgIpc) is 2.76. The molecular formula is C15H20N2OS. The fourth-order valence-corrected chi connectivity index (χ4v) is 3.46. The highest BCUT2D eigenvalue weighted by Crippen LogP contribution is 2.34. The maximum Gasteiger partial charge on any atom is 0.221 e. The summed E-state index contributed by atoms with van der Waals surface area (Å²) in [5.74, 6) is 0.0766. The molecule has 0 saturated heterocycles. The Kier molecular flexibility index (Phi) is 4.56.